The Labute approximate surface area is 92.9 Å². The molecule has 3 nitrogen and oxygen atoms in total. The normalized spacial score (nSPS) is 16.3. The molecule has 1 aromatic rings. The SMILES string of the molecule is O=C1CCN(C(=O)c2ccccc2F)CC1. The minimum absolute atomic E-state index is 0.0804. The van der Waals surface area contributed by atoms with Crippen molar-refractivity contribution >= 4 is 11.7 Å². The van der Waals surface area contributed by atoms with E-state index >= 15 is 0 Å². The molecule has 1 aliphatic rings. The standard InChI is InChI=1S/C12H12FNO2/c13-11-4-2-1-3-10(11)12(16)14-7-5-9(15)6-8-14/h1-4H,5-8H2. The Bertz CT molecular complexity index is 421. The van der Waals surface area contributed by atoms with Crippen molar-refractivity contribution < 1.29 is 14.0 Å². The summed E-state index contributed by atoms with van der Waals surface area (Å²) in [6, 6.07) is 5.91. The van der Waals surface area contributed by atoms with E-state index in [4.69, 9.17) is 0 Å². The largest absolute Gasteiger partial charge is 0.338 e. The third kappa shape index (κ3) is 2.10. The lowest BCUT2D eigenvalue weighted by Crippen LogP contribution is -2.38. The van der Waals surface area contributed by atoms with Gasteiger partial charge in [0.25, 0.3) is 5.91 Å². The van der Waals surface area contributed by atoms with E-state index in [2.05, 4.69) is 0 Å². The van der Waals surface area contributed by atoms with Crippen molar-refractivity contribution in [3.8, 4) is 0 Å². The van der Waals surface area contributed by atoms with Crippen LogP contribution < -0.4 is 0 Å². The number of carbonyl (C=O) groups is 2. The van der Waals surface area contributed by atoms with Gasteiger partial charge in [-0.25, -0.2) is 4.39 Å². The average Bonchev–Trinajstić information content (AvgIpc) is 2.30. The van der Waals surface area contributed by atoms with Crippen LogP contribution in [0.1, 0.15) is 23.2 Å². The van der Waals surface area contributed by atoms with Crippen LogP contribution in [0.5, 0.6) is 0 Å². The van der Waals surface area contributed by atoms with Crippen molar-refractivity contribution in [1.82, 2.24) is 4.90 Å². The molecule has 2 rings (SSSR count). The van der Waals surface area contributed by atoms with Crippen LogP contribution in [0.3, 0.4) is 0 Å². The summed E-state index contributed by atoms with van der Waals surface area (Å²) in [5, 5.41) is 0. The summed E-state index contributed by atoms with van der Waals surface area (Å²) in [7, 11) is 0. The highest BCUT2D eigenvalue weighted by atomic mass is 19.1. The van der Waals surface area contributed by atoms with Crippen molar-refractivity contribution in [3.63, 3.8) is 0 Å². The number of nitrogens with zero attached hydrogens (tertiary/aromatic N) is 1. The molecule has 1 amide bonds. The van der Waals surface area contributed by atoms with Gasteiger partial charge in [0.05, 0.1) is 5.56 Å². The van der Waals surface area contributed by atoms with Gasteiger partial charge in [-0.2, -0.15) is 0 Å². The van der Waals surface area contributed by atoms with Crippen LogP contribution in [-0.4, -0.2) is 29.7 Å². The summed E-state index contributed by atoms with van der Waals surface area (Å²) < 4.78 is 13.4. The molecule has 0 bridgehead atoms. The topological polar surface area (TPSA) is 37.4 Å². The Kier molecular flexibility index (Phi) is 2.99. The van der Waals surface area contributed by atoms with Gasteiger partial charge in [-0.1, -0.05) is 12.1 Å². The summed E-state index contributed by atoms with van der Waals surface area (Å²) in [6.45, 7) is 0.790. The van der Waals surface area contributed by atoms with E-state index in [0.29, 0.717) is 25.9 Å². The van der Waals surface area contributed by atoms with Crippen LogP contribution in [-0.2, 0) is 4.79 Å². The van der Waals surface area contributed by atoms with E-state index in [0.717, 1.165) is 0 Å². The second-order valence-electron chi connectivity index (χ2n) is 3.81. The van der Waals surface area contributed by atoms with Gasteiger partial charge in [-0.15, -0.1) is 0 Å². The second kappa shape index (κ2) is 4.43. The highest BCUT2D eigenvalue weighted by Crippen LogP contribution is 2.13. The van der Waals surface area contributed by atoms with Crippen LogP contribution in [0.25, 0.3) is 0 Å². The summed E-state index contributed by atoms with van der Waals surface area (Å²) in [6.07, 6.45) is 0.750. The Balaban J connectivity index is 2.14. The van der Waals surface area contributed by atoms with Crippen LogP contribution in [0.15, 0.2) is 24.3 Å². The fraction of sp³-hybridized carbons (Fsp3) is 0.333. The van der Waals surface area contributed by atoms with E-state index in [-0.39, 0.29) is 17.3 Å². The monoisotopic (exact) mass is 221 g/mol. The fourth-order valence-corrected chi connectivity index (χ4v) is 1.76. The van der Waals surface area contributed by atoms with Gasteiger partial charge in [0.2, 0.25) is 0 Å². The lowest BCUT2D eigenvalue weighted by atomic mass is 10.1. The van der Waals surface area contributed by atoms with Crippen molar-refractivity contribution in [1.29, 1.82) is 0 Å². The molecule has 1 heterocycles. The first-order valence-electron chi connectivity index (χ1n) is 5.24. The highest BCUT2D eigenvalue weighted by Gasteiger charge is 2.23. The lowest BCUT2D eigenvalue weighted by Gasteiger charge is -2.26. The van der Waals surface area contributed by atoms with Crippen molar-refractivity contribution in [2.24, 2.45) is 0 Å². The molecular weight excluding hydrogens is 209 g/mol. The molecule has 4 heteroatoms. The van der Waals surface area contributed by atoms with Crippen LogP contribution >= 0.6 is 0 Å². The van der Waals surface area contributed by atoms with Crippen molar-refractivity contribution in [3.05, 3.63) is 35.6 Å². The zero-order valence-corrected chi connectivity index (χ0v) is 8.78. The highest BCUT2D eigenvalue weighted by molar-refractivity contribution is 5.95. The molecule has 0 atom stereocenters. The number of hydrogen-bond acceptors (Lipinski definition) is 2. The summed E-state index contributed by atoms with van der Waals surface area (Å²) in [4.78, 5) is 24.5. The van der Waals surface area contributed by atoms with E-state index in [1.165, 1.54) is 17.0 Å². The van der Waals surface area contributed by atoms with Crippen LogP contribution in [0.4, 0.5) is 4.39 Å². The molecule has 1 aromatic carbocycles. The minimum atomic E-state index is -0.510. The molecule has 84 valence electrons. The molecule has 16 heavy (non-hydrogen) atoms. The molecule has 0 N–H and O–H groups in total. The molecule has 0 aromatic heterocycles. The van der Waals surface area contributed by atoms with E-state index in [1.54, 1.807) is 12.1 Å². The fourth-order valence-electron chi connectivity index (χ4n) is 1.76. The smallest absolute Gasteiger partial charge is 0.256 e. The number of hydrogen-bond donors (Lipinski definition) is 0. The predicted octanol–water partition coefficient (Wildman–Crippen LogP) is 1.63. The van der Waals surface area contributed by atoms with E-state index in [9.17, 15) is 14.0 Å². The van der Waals surface area contributed by atoms with Crippen molar-refractivity contribution in [2.75, 3.05) is 13.1 Å². The number of halogens is 1. The van der Waals surface area contributed by atoms with Gasteiger partial charge in [-0.3, -0.25) is 9.59 Å². The lowest BCUT2D eigenvalue weighted by molar-refractivity contribution is -0.120. The maximum absolute atomic E-state index is 13.4. The maximum atomic E-state index is 13.4. The molecule has 1 aliphatic heterocycles. The zero-order chi connectivity index (χ0) is 11.5. The quantitative estimate of drug-likeness (QED) is 0.722. The van der Waals surface area contributed by atoms with Gasteiger partial charge in [-0.05, 0) is 12.1 Å². The van der Waals surface area contributed by atoms with E-state index < -0.39 is 5.82 Å². The molecule has 1 saturated heterocycles. The Morgan fingerprint density at radius 2 is 1.81 bits per heavy atom. The van der Waals surface area contributed by atoms with Crippen molar-refractivity contribution in [2.45, 2.75) is 12.8 Å². The van der Waals surface area contributed by atoms with E-state index in [1.807, 2.05) is 0 Å². The summed E-state index contributed by atoms with van der Waals surface area (Å²) in [5.74, 6) is -0.674. The second-order valence-corrected chi connectivity index (χ2v) is 3.81. The molecular formula is C12H12FNO2. The Morgan fingerprint density at radius 1 is 1.19 bits per heavy atom. The van der Waals surface area contributed by atoms with Gasteiger partial charge < -0.3 is 4.90 Å². The first-order chi connectivity index (χ1) is 7.68. The number of carbonyl (C=O) groups excluding carboxylic acids is 2. The first kappa shape index (κ1) is 10.8. The zero-order valence-electron chi connectivity index (χ0n) is 8.78. The van der Waals surface area contributed by atoms with Crippen LogP contribution in [0.2, 0.25) is 0 Å². The summed E-state index contributed by atoms with van der Waals surface area (Å²) in [5.41, 5.74) is 0.0804. The predicted molar refractivity (Wildman–Crippen MR) is 56.5 cm³/mol. The third-order valence-corrected chi connectivity index (χ3v) is 2.71. The van der Waals surface area contributed by atoms with Gasteiger partial charge in [0, 0.05) is 25.9 Å². The third-order valence-electron chi connectivity index (χ3n) is 2.71. The van der Waals surface area contributed by atoms with Gasteiger partial charge >= 0.3 is 0 Å². The molecule has 1 fully saturated rings. The number of Topliss-reactive ketones (excluding diaryl/α,β-unsaturated/α-hetero) is 1. The minimum Gasteiger partial charge on any atom is -0.338 e. The van der Waals surface area contributed by atoms with Gasteiger partial charge in [0.15, 0.2) is 0 Å². The molecule has 0 radical (unpaired) electrons. The number of amides is 1. The number of ketones is 1. The molecule has 0 aliphatic carbocycles. The van der Waals surface area contributed by atoms with Crippen LogP contribution in [0, 0.1) is 5.82 Å². The first-order valence-corrected chi connectivity index (χ1v) is 5.24. The number of rotatable bonds is 1. The molecule has 0 spiro atoms. The number of piperidine rings is 1. The molecule has 0 saturated carbocycles. The Hall–Kier alpha value is -1.71. The Morgan fingerprint density at radius 3 is 2.44 bits per heavy atom. The number of benzene rings is 1. The maximum Gasteiger partial charge on any atom is 0.256 e. The van der Waals surface area contributed by atoms with Gasteiger partial charge in [0.1, 0.15) is 11.6 Å². The summed E-state index contributed by atoms with van der Waals surface area (Å²) >= 11 is 0. The number of likely N-dealkylation sites (tertiary alicyclic amines) is 1. The average molecular weight is 221 g/mol. The molecule has 0 unspecified atom stereocenters.